The summed E-state index contributed by atoms with van der Waals surface area (Å²) in [5, 5.41) is 3.25. The van der Waals surface area contributed by atoms with E-state index in [9.17, 15) is 4.79 Å². The van der Waals surface area contributed by atoms with E-state index >= 15 is 0 Å². The number of hydrogen-bond donors (Lipinski definition) is 1. The van der Waals surface area contributed by atoms with Crippen LogP contribution in [-0.4, -0.2) is 25.0 Å². The molecule has 0 aromatic heterocycles. The Morgan fingerprint density at radius 3 is 2.88 bits per heavy atom. The van der Waals surface area contributed by atoms with Gasteiger partial charge in [-0.15, -0.1) is 0 Å². The van der Waals surface area contributed by atoms with Gasteiger partial charge < -0.3 is 10.2 Å². The van der Waals surface area contributed by atoms with Crippen LogP contribution in [0.4, 0.5) is 5.69 Å². The zero-order valence-corrected chi connectivity index (χ0v) is 11.5. The number of rotatable bonds is 1. The molecule has 92 valence electrons. The minimum absolute atomic E-state index is 0.109. The maximum Gasteiger partial charge on any atom is 0.243 e. The smallest absolute Gasteiger partial charge is 0.243 e. The second kappa shape index (κ2) is 5.65. The van der Waals surface area contributed by atoms with E-state index in [4.69, 9.17) is 0 Å². The molecule has 3 nitrogen and oxygen atoms in total. The Hall–Kier alpha value is -0.870. The first kappa shape index (κ1) is 12.6. The van der Waals surface area contributed by atoms with Crippen LogP contribution >= 0.6 is 15.9 Å². The number of halogens is 1. The van der Waals surface area contributed by atoms with E-state index in [2.05, 4.69) is 21.2 Å². The van der Waals surface area contributed by atoms with Gasteiger partial charge in [-0.05, 0) is 54.4 Å². The molecule has 0 bridgehead atoms. The molecule has 1 aromatic rings. The number of benzene rings is 1. The first-order valence-corrected chi connectivity index (χ1v) is 6.79. The van der Waals surface area contributed by atoms with Crippen LogP contribution in [0.15, 0.2) is 28.7 Å². The summed E-state index contributed by atoms with van der Waals surface area (Å²) in [6.07, 6.45) is 2.14. The van der Waals surface area contributed by atoms with E-state index in [1.165, 1.54) is 0 Å². The lowest BCUT2D eigenvalue weighted by atomic mass is 10.1. The molecular weight excluding hydrogens is 280 g/mol. The van der Waals surface area contributed by atoms with Crippen LogP contribution in [0.2, 0.25) is 0 Å². The van der Waals surface area contributed by atoms with Gasteiger partial charge in [0.15, 0.2) is 0 Å². The Balaban J connectivity index is 2.28. The van der Waals surface area contributed by atoms with Gasteiger partial charge in [0.25, 0.3) is 0 Å². The summed E-state index contributed by atoms with van der Waals surface area (Å²) in [7, 11) is 0. The van der Waals surface area contributed by atoms with E-state index in [0.29, 0.717) is 0 Å². The summed E-state index contributed by atoms with van der Waals surface area (Å²) in [6.45, 7) is 3.65. The maximum atomic E-state index is 12.3. The summed E-state index contributed by atoms with van der Waals surface area (Å²) in [5.74, 6) is 0.150. The molecule has 1 heterocycles. The van der Waals surface area contributed by atoms with Gasteiger partial charge in [0, 0.05) is 11.0 Å². The fraction of sp³-hybridized carbons (Fsp3) is 0.462. The minimum Gasteiger partial charge on any atom is -0.310 e. The lowest BCUT2D eigenvalue weighted by Crippen LogP contribution is -2.47. The van der Waals surface area contributed by atoms with Crippen LogP contribution in [0.3, 0.4) is 0 Å². The maximum absolute atomic E-state index is 12.3. The van der Waals surface area contributed by atoms with Crippen molar-refractivity contribution in [1.82, 2.24) is 5.32 Å². The predicted octanol–water partition coefficient (Wildman–Crippen LogP) is 2.55. The fourth-order valence-electron chi connectivity index (χ4n) is 2.05. The highest BCUT2D eigenvalue weighted by molar-refractivity contribution is 9.10. The standard InChI is InChI=1S/C13H17BrN2O/c1-10-13(17)16(9-5-4-8-15-10)12-7-3-2-6-11(12)14/h2-3,6-7,10,15H,4-5,8-9H2,1H3. The zero-order chi connectivity index (χ0) is 12.3. The van der Waals surface area contributed by atoms with Gasteiger partial charge in [-0.2, -0.15) is 0 Å². The number of hydrogen-bond acceptors (Lipinski definition) is 2. The van der Waals surface area contributed by atoms with Crippen molar-refractivity contribution in [3.63, 3.8) is 0 Å². The largest absolute Gasteiger partial charge is 0.310 e. The average Bonchev–Trinajstić information content (AvgIpc) is 2.32. The van der Waals surface area contributed by atoms with Gasteiger partial charge in [0.05, 0.1) is 11.7 Å². The van der Waals surface area contributed by atoms with E-state index in [1.807, 2.05) is 36.1 Å². The van der Waals surface area contributed by atoms with Gasteiger partial charge in [-0.25, -0.2) is 0 Å². The highest BCUT2D eigenvalue weighted by Gasteiger charge is 2.24. The van der Waals surface area contributed by atoms with Crippen molar-refractivity contribution in [2.45, 2.75) is 25.8 Å². The van der Waals surface area contributed by atoms with Crippen molar-refractivity contribution in [3.8, 4) is 0 Å². The molecule has 17 heavy (non-hydrogen) atoms. The molecule has 0 saturated carbocycles. The van der Waals surface area contributed by atoms with Gasteiger partial charge in [-0.1, -0.05) is 12.1 Å². The normalized spacial score (nSPS) is 22.1. The summed E-state index contributed by atoms with van der Waals surface area (Å²) in [6, 6.07) is 7.77. The van der Waals surface area contributed by atoms with E-state index in [1.54, 1.807) is 0 Å². The molecule has 1 atom stereocenters. The van der Waals surface area contributed by atoms with Crippen LogP contribution in [0.5, 0.6) is 0 Å². The van der Waals surface area contributed by atoms with Crippen molar-refractivity contribution in [1.29, 1.82) is 0 Å². The van der Waals surface area contributed by atoms with Gasteiger partial charge >= 0.3 is 0 Å². The zero-order valence-electron chi connectivity index (χ0n) is 9.95. The lowest BCUT2D eigenvalue weighted by Gasteiger charge is -2.29. The van der Waals surface area contributed by atoms with E-state index in [0.717, 1.165) is 36.1 Å². The molecule has 2 rings (SSSR count). The predicted molar refractivity (Wildman–Crippen MR) is 73.2 cm³/mol. The minimum atomic E-state index is -0.109. The Morgan fingerprint density at radius 2 is 2.12 bits per heavy atom. The molecule has 0 radical (unpaired) electrons. The third kappa shape index (κ3) is 2.87. The van der Waals surface area contributed by atoms with E-state index in [-0.39, 0.29) is 11.9 Å². The first-order valence-electron chi connectivity index (χ1n) is 5.99. The van der Waals surface area contributed by atoms with Gasteiger partial charge in [0.1, 0.15) is 0 Å². The average molecular weight is 297 g/mol. The van der Waals surface area contributed by atoms with Crippen LogP contribution in [0.1, 0.15) is 19.8 Å². The molecule has 1 unspecified atom stereocenters. The number of amides is 1. The van der Waals surface area contributed by atoms with Crippen LogP contribution in [0, 0.1) is 0 Å². The Labute approximate surface area is 110 Å². The molecule has 1 aliphatic rings. The van der Waals surface area contributed by atoms with E-state index < -0.39 is 0 Å². The molecular formula is C13H17BrN2O. The number of nitrogens with zero attached hydrogens (tertiary/aromatic N) is 1. The molecule has 1 fully saturated rings. The summed E-state index contributed by atoms with van der Waals surface area (Å²) >= 11 is 3.51. The summed E-state index contributed by atoms with van der Waals surface area (Å²) in [4.78, 5) is 14.2. The monoisotopic (exact) mass is 296 g/mol. The number of anilines is 1. The summed E-state index contributed by atoms with van der Waals surface area (Å²) < 4.78 is 0.973. The highest BCUT2D eigenvalue weighted by Crippen LogP contribution is 2.27. The molecule has 1 amide bonds. The fourth-order valence-corrected chi connectivity index (χ4v) is 2.55. The van der Waals surface area contributed by atoms with Crippen molar-refractivity contribution in [2.24, 2.45) is 0 Å². The van der Waals surface area contributed by atoms with Crippen molar-refractivity contribution >= 4 is 27.5 Å². The third-order valence-electron chi connectivity index (χ3n) is 3.04. The van der Waals surface area contributed by atoms with Crippen molar-refractivity contribution in [2.75, 3.05) is 18.0 Å². The van der Waals surface area contributed by atoms with Gasteiger partial charge in [-0.3, -0.25) is 4.79 Å². The van der Waals surface area contributed by atoms with Crippen molar-refractivity contribution in [3.05, 3.63) is 28.7 Å². The number of nitrogens with one attached hydrogen (secondary N) is 1. The number of carbonyl (C=O) groups is 1. The molecule has 1 aromatic carbocycles. The number of para-hydroxylation sites is 1. The SMILES string of the molecule is CC1NCCCCN(c2ccccc2Br)C1=O. The third-order valence-corrected chi connectivity index (χ3v) is 3.71. The topological polar surface area (TPSA) is 32.3 Å². The molecule has 4 heteroatoms. The van der Waals surface area contributed by atoms with Crippen LogP contribution in [-0.2, 0) is 4.79 Å². The lowest BCUT2D eigenvalue weighted by molar-refractivity contribution is -0.120. The Morgan fingerprint density at radius 1 is 1.35 bits per heavy atom. The Kier molecular flexibility index (Phi) is 4.18. The number of carbonyl (C=O) groups excluding carboxylic acids is 1. The highest BCUT2D eigenvalue weighted by atomic mass is 79.9. The molecule has 0 spiro atoms. The Bertz CT molecular complexity index is 408. The summed E-state index contributed by atoms with van der Waals surface area (Å²) in [5.41, 5.74) is 0.966. The molecule has 1 aliphatic heterocycles. The first-order chi connectivity index (χ1) is 8.20. The quantitative estimate of drug-likeness (QED) is 0.864. The molecule has 1 N–H and O–H groups in total. The second-order valence-electron chi connectivity index (χ2n) is 4.32. The van der Waals surface area contributed by atoms with Crippen molar-refractivity contribution < 1.29 is 4.79 Å². The van der Waals surface area contributed by atoms with Crippen LogP contribution in [0.25, 0.3) is 0 Å². The second-order valence-corrected chi connectivity index (χ2v) is 5.18. The van der Waals surface area contributed by atoms with Gasteiger partial charge in [0.2, 0.25) is 5.91 Å². The molecule has 0 aliphatic carbocycles. The van der Waals surface area contributed by atoms with Crippen LogP contribution < -0.4 is 10.2 Å². The molecule has 1 saturated heterocycles.